The molecular weight excluding hydrogens is 210 g/mol. The molecule has 0 saturated heterocycles. The molecule has 0 spiro atoms. The highest BCUT2D eigenvalue weighted by molar-refractivity contribution is 5.74. The number of nitrogens with two attached hydrogens (primary N) is 1. The second kappa shape index (κ2) is 4.15. The van der Waals surface area contributed by atoms with E-state index in [2.05, 4.69) is 22.1 Å². The van der Waals surface area contributed by atoms with E-state index in [1.54, 1.807) is 0 Å². The Morgan fingerprint density at radius 2 is 2.06 bits per heavy atom. The lowest BCUT2D eigenvalue weighted by atomic mass is 9.96. The van der Waals surface area contributed by atoms with Crippen molar-refractivity contribution in [2.45, 2.75) is 32.1 Å². The van der Waals surface area contributed by atoms with Gasteiger partial charge in [0.1, 0.15) is 5.82 Å². The van der Waals surface area contributed by atoms with E-state index in [4.69, 9.17) is 5.73 Å². The molecule has 1 heterocycles. The Morgan fingerprint density at radius 3 is 2.76 bits per heavy atom. The number of nitrogens with zero attached hydrogens (tertiary/aromatic N) is 1. The molecule has 3 nitrogen and oxygen atoms in total. The standard InChI is InChI=1S/C14H19N3/c15-10-9-14(7-8-14)6-5-13-16-11-3-1-2-4-12(11)17-13/h1-4H,5-10,15H2,(H,16,17). The predicted octanol–water partition coefficient (Wildman–Crippen LogP) is 2.62. The second-order valence-electron chi connectivity index (χ2n) is 5.24. The van der Waals surface area contributed by atoms with Gasteiger partial charge in [0.15, 0.2) is 0 Å². The van der Waals surface area contributed by atoms with Crippen LogP contribution in [-0.4, -0.2) is 16.5 Å². The molecule has 1 aliphatic rings. The number of H-pyrrole nitrogens is 1. The Morgan fingerprint density at radius 1 is 1.24 bits per heavy atom. The van der Waals surface area contributed by atoms with Gasteiger partial charge >= 0.3 is 0 Å². The molecule has 0 unspecified atom stereocenters. The van der Waals surface area contributed by atoms with Crippen molar-refractivity contribution in [2.75, 3.05) is 6.54 Å². The topological polar surface area (TPSA) is 54.7 Å². The van der Waals surface area contributed by atoms with Crippen molar-refractivity contribution in [3.8, 4) is 0 Å². The van der Waals surface area contributed by atoms with Crippen LogP contribution in [0.25, 0.3) is 11.0 Å². The van der Waals surface area contributed by atoms with Crippen molar-refractivity contribution < 1.29 is 0 Å². The summed E-state index contributed by atoms with van der Waals surface area (Å²) in [6, 6.07) is 8.21. The first kappa shape index (κ1) is 10.8. The first-order valence-electron chi connectivity index (χ1n) is 6.45. The maximum absolute atomic E-state index is 5.66. The summed E-state index contributed by atoms with van der Waals surface area (Å²) in [6.45, 7) is 0.820. The summed E-state index contributed by atoms with van der Waals surface area (Å²) in [4.78, 5) is 8.01. The van der Waals surface area contributed by atoms with Crippen molar-refractivity contribution in [2.24, 2.45) is 11.1 Å². The number of aryl methyl sites for hydroxylation is 1. The summed E-state index contributed by atoms with van der Waals surface area (Å²) >= 11 is 0. The lowest BCUT2D eigenvalue weighted by Crippen LogP contribution is -2.10. The lowest BCUT2D eigenvalue weighted by Gasteiger charge is -2.11. The fourth-order valence-electron chi connectivity index (χ4n) is 2.62. The number of nitrogens with one attached hydrogen (secondary N) is 1. The highest BCUT2D eigenvalue weighted by Crippen LogP contribution is 2.51. The minimum atomic E-state index is 0.549. The van der Waals surface area contributed by atoms with Gasteiger partial charge in [0, 0.05) is 6.42 Å². The molecule has 1 fully saturated rings. The molecule has 1 aliphatic carbocycles. The molecular formula is C14H19N3. The quantitative estimate of drug-likeness (QED) is 0.828. The third-order valence-electron chi connectivity index (χ3n) is 3.96. The summed E-state index contributed by atoms with van der Waals surface area (Å²) in [7, 11) is 0. The van der Waals surface area contributed by atoms with E-state index in [-0.39, 0.29) is 0 Å². The average molecular weight is 229 g/mol. The Labute approximate surface area is 101 Å². The van der Waals surface area contributed by atoms with Crippen molar-refractivity contribution in [3.05, 3.63) is 30.1 Å². The predicted molar refractivity (Wildman–Crippen MR) is 69.8 cm³/mol. The van der Waals surface area contributed by atoms with Gasteiger partial charge in [-0.15, -0.1) is 0 Å². The van der Waals surface area contributed by atoms with Crippen LogP contribution in [0.15, 0.2) is 24.3 Å². The van der Waals surface area contributed by atoms with Crippen LogP contribution in [0.1, 0.15) is 31.5 Å². The molecule has 90 valence electrons. The third kappa shape index (κ3) is 2.20. The monoisotopic (exact) mass is 229 g/mol. The van der Waals surface area contributed by atoms with Crippen molar-refractivity contribution in [1.82, 2.24) is 9.97 Å². The van der Waals surface area contributed by atoms with Crippen LogP contribution in [0.3, 0.4) is 0 Å². The molecule has 0 amide bonds. The zero-order chi connectivity index (χ0) is 11.7. The Bertz CT molecular complexity index is 478. The molecule has 1 saturated carbocycles. The number of hydrogen-bond acceptors (Lipinski definition) is 2. The van der Waals surface area contributed by atoms with Gasteiger partial charge in [-0.25, -0.2) is 4.98 Å². The molecule has 0 atom stereocenters. The fraction of sp³-hybridized carbons (Fsp3) is 0.500. The summed E-state index contributed by atoms with van der Waals surface area (Å²) in [6.07, 6.45) is 6.15. The van der Waals surface area contributed by atoms with E-state index < -0.39 is 0 Å². The Kier molecular flexibility index (Phi) is 2.63. The first-order valence-corrected chi connectivity index (χ1v) is 6.45. The van der Waals surface area contributed by atoms with Gasteiger partial charge in [-0.3, -0.25) is 0 Å². The van der Waals surface area contributed by atoms with Gasteiger partial charge < -0.3 is 10.7 Å². The molecule has 1 aromatic heterocycles. The van der Waals surface area contributed by atoms with Crippen LogP contribution in [-0.2, 0) is 6.42 Å². The number of hydrogen-bond donors (Lipinski definition) is 2. The van der Waals surface area contributed by atoms with Gasteiger partial charge in [0.2, 0.25) is 0 Å². The molecule has 1 aromatic carbocycles. The van der Waals surface area contributed by atoms with Gasteiger partial charge in [-0.1, -0.05) is 12.1 Å². The van der Waals surface area contributed by atoms with Crippen LogP contribution in [0.4, 0.5) is 0 Å². The van der Waals surface area contributed by atoms with Gasteiger partial charge in [0.05, 0.1) is 11.0 Å². The van der Waals surface area contributed by atoms with E-state index in [0.717, 1.165) is 29.8 Å². The summed E-state index contributed by atoms with van der Waals surface area (Å²) < 4.78 is 0. The van der Waals surface area contributed by atoms with E-state index in [0.29, 0.717) is 5.41 Å². The van der Waals surface area contributed by atoms with Gasteiger partial charge in [-0.2, -0.15) is 0 Å². The molecule has 2 aromatic rings. The highest BCUT2D eigenvalue weighted by Gasteiger charge is 2.40. The van der Waals surface area contributed by atoms with E-state index in [9.17, 15) is 0 Å². The zero-order valence-corrected chi connectivity index (χ0v) is 10.1. The van der Waals surface area contributed by atoms with Crippen molar-refractivity contribution in [3.63, 3.8) is 0 Å². The number of benzene rings is 1. The first-order chi connectivity index (χ1) is 8.31. The van der Waals surface area contributed by atoms with E-state index >= 15 is 0 Å². The molecule has 0 bridgehead atoms. The normalized spacial score (nSPS) is 17.5. The second-order valence-corrected chi connectivity index (χ2v) is 5.24. The molecule has 0 radical (unpaired) electrons. The van der Waals surface area contributed by atoms with Crippen LogP contribution in [0, 0.1) is 5.41 Å². The molecule has 17 heavy (non-hydrogen) atoms. The molecule has 3 heteroatoms. The molecule has 3 N–H and O–H groups in total. The van der Waals surface area contributed by atoms with Crippen LogP contribution in [0.5, 0.6) is 0 Å². The van der Waals surface area contributed by atoms with Crippen LogP contribution < -0.4 is 5.73 Å². The largest absolute Gasteiger partial charge is 0.342 e. The lowest BCUT2D eigenvalue weighted by molar-refractivity contribution is 0.432. The SMILES string of the molecule is NCCC1(CCc2nc3ccccc3[nH]2)CC1. The fourth-order valence-corrected chi connectivity index (χ4v) is 2.62. The minimum Gasteiger partial charge on any atom is -0.342 e. The Hall–Kier alpha value is -1.35. The smallest absolute Gasteiger partial charge is 0.107 e. The number of rotatable bonds is 5. The zero-order valence-electron chi connectivity index (χ0n) is 10.1. The van der Waals surface area contributed by atoms with Crippen molar-refractivity contribution in [1.29, 1.82) is 0 Å². The summed E-state index contributed by atoms with van der Waals surface area (Å²) in [5, 5.41) is 0. The average Bonchev–Trinajstić information content (AvgIpc) is 2.98. The van der Waals surface area contributed by atoms with Crippen molar-refractivity contribution >= 4 is 11.0 Å². The van der Waals surface area contributed by atoms with Crippen LogP contribution in [0.2, 0.25) is 0 Å². The third-order valence-corrected chi connectivity index (χ3v) is 3.96. The molecule has 0 aliphatic heterocycles. The maximum Gasteiger partial charge on any atom is 0.107 e. The summed E-state index contributed by atoms with van der Waals surface area (Å²) in [5.74, 6) is 1.12. The Balaban J connectivity index is 1.69. The van der Waals surface area contributed by atoms with E-state index in [1.807, 2.05) is 12.1 Å². The number of imidazole rings is 1. The highest BCUT2D eigenvalue weighted by atomic mass is 14.9. The van der Waals surface area contributed by atoms with Gasteiger partial charge in [0.25, 0.3) is 0 Å². The van der Waals surface area contributed by atoms with E-state index in [1.165, 1.54) is 25.7 Å². The number of aromatic amines is 1. The maximum atomic E-state index is 5.66. The number of aromatic nitrogens is 2. The number of para-hydroxylation sites is 2. The minimum absolute atomic E-state index is 0.549. The number of fused-ring (bicyclic) bond motifs is 1. The van der Waals surface area contributed by atoms with Gasteiger partial charge in [-0.05, 0) is 49.8 Å². The molecule has 3 rings (SSSR count). The van der Waals surface area contributed by atoms with Crippen LogP contribution >= 0.6 is 0 Å². The summed E-state index contributed by atoms with van der Waals surface area (Å²) in [5.41, 5.74) is 8.43.